The summed E-state index contributed by atoms with van der Waals surface area (Å²) in [6.07, 6.45) is -0.341. The Labute approximate surface area is 66.7 Å². The Morgan fingerprint density at radius 3 is 2.09 bits per heavy atom. The summed E-state index contributed by atoms with van der Waals surface area (Å²) in [5.41, 5.74) is 0. The summed E-state index contributed by atoms with van der Waals surface area (Å²) >= 11 is 0. The monoisotopic (exact) mass is 166 g/mol. The average molecular weight is 166 g/mol. The van der Waals surface area contributed by atoms with Gasteiger partial charge in [0.25, 0.3) is 5.92 Å². The lowest BCUT2D eigenvalue weighted by atomic mass is 9.91. The summed E-state index contributed by atoms with van der Waals surface area (Å²) in [7, 11) is 0. The lowest BCUT2D eigenvalue weighted by molar-refractivity contribution is -0.163. The van der Waals surface area contributed by atoms with Crippen molar-refractivity contribution in [3.05, 3.63) is 0 Å². The predicted molar refractivity (Wildman–Crippen MR) is 40.9 cm³/mol. The Morgan fingerprint density at radius 1 is 1.36 bits per heavy atom. The van der Waals surface area contributed by atoms with E-state index in [0.717, 1.165) is 0 Å². The Morgan fingerprint density at radius 2 is 1.82 bits per heavy atom. The standard InChI is InChI=1S/C6H10F2O.C2H6/c1-2-9-5-3-6(7,8)4-5;1-2/h5H,2-4H2,1H3;1-2H3. The van der Waals surface area contributed by atoms with E-state index in [0.29, 0.717) is 6.61 Å². The molecule has 0 amide bonds. The summed E-state index contributed by atoms with van der Waals surface area (Å²) in [6.45, 7) is 6.36. The van der Waals surface area contributed by atoms with Crippen LogP contribution in [-0.2, 0) is 4.74 Å². The third-order valence-electron chi connectivity index (χ3n) is 1.45. The van der Waals surface area contributed by atoms with Gasteiger partial charge in [-0.1, -0.05) is 13.8 Å². The Bertz CT molecular complexity index is 96.3. The highest BCUT2D eigenvalue weighted by Crippen LogP contribution is 2.39. The van der Waals surface area contributed by atoms with E-state index in [-0.39, 0.29) is 18.9 Å². The molecule has 1 rings (SSSR count). The summed E-state index contributed by atoms with van der Waals surface area (Å²) in [5.74, 6) is -2.43. The summed E-state index contributed by atoms with van der Waals surface area (Å²) < 4.78 is 29.0. The Balaban J connectivity index is 0.000000461. The molecule has 0 unspecified atom stereocenters. The van der Waals surface area contributed by atoms with Gasteiger partial charge in [0.1, 0.15) is 0 Å². The molecular weight excluding hydrogens is 150 g/mol. The number of halogens is 2. The fourth-order valence-electron chi connectivity index (χ4n) is 0.960. The predicted octanol–water partition coefficient (Wildman–Crippen LogP) is 2.85. The van der Waals surface area contributed by atoms with Crippen LogP contribution in [0.25, 0.3) is 0 Å². The van der Waals surface area contributed by atoms with Gasteiger partial charge < -0.3 is 4.74 Å². The van der Waals surface area contributed by atoms with Gasteiger partial charge in [-0.05, 0) is 6.92 Å². The normalized spacial score (nSPS) is 21.5. The van der Waals surface area contributed by atoms with Gasteiger partial charge >= 0.3 is 0 Å². The van der Waals surface area contributed by atoms with Crippen molar-refractivity contribution in [3.63, 3.8) is 0 Å². The van der Waals surface area contributed by atoms with Gasteiger partial charge in [-0.25, -0.2) is 8.78 Å². The number of alkyl halides is 2. The molecule has 0 bridgehead atoms. The van der Waals surface area contributed by atoms with Gasteiger partial charge in [0, 0.05) is 19.4 Å². The zero-order valence-corrected chi connectivity index (χ0v) is 7.36. The fourth-order valence-corrected chi connectivity index (χ4v) is 0.960. The van der Waals surface area contributed by atoms with Crippen molar-refractivity contribution in [1.29, 1.82) is 0 Å². The van der Waals surface area contributed by atoms with Crippen LogP contribution in [0.1, 0.15) is 33.6 Å². The molecular formula is C8H16F2O. The SMILES string of the molecule is CC.CCOC1CC(F)(F)C1. The second-order valence-corrected chi connectivity index (χ2v) is 2.34. The zero-order valence-electron chi connectivity index (χ0n) is 7.36. The molecule has 0 aromatic carbocycles. The Hall–Kier alpha value is -0.180. The molecule has 0 saturated heterocycles. The third-order valence-corrected chi connectivity index (χ3v) is 1.45. The smallest absolute Gasteiger partial charge is 0.253 e. The van der Waals surface area contributed by atoms with Crippen molar-refractivity contribution in [1.82, 2.24) is 0 Å². The van der Waals surface area contributed by atoms with E-state index in [9.17, 15) is 8.78 Å². The molecule has 1 nitrogen and oxygen atoms in total. The molecule has 0 atom stereocenters. The zero-order chi connectivity index (χ0) is 8.91. The van der Waals surface area contributed by atoms with E-state index in [1.165, 1.54) is 0 Å². The molecule has 0 aliphatic heterocycles. The van der Waals surface area contributed by atoms with Crippen molar-refractivity contribution in [3.8, 4) is 0 Å². The summed E-state index contributed by atoms with van der Waals surface area (Å²) in [5, 5.41) is 0. The Kier molecular flexibility index (Phi) is 4.57. The molecule has 0 aromatic heterocycles. The molecule has 0 aromatic rings. The number of ether oxygens (including phenoxy) is 1. The van der Waals surface area contributed by atoms with E-state index in [1.54, 1.807) is 0 Å². The van der Waals surface area contributed by atoms with Crippen LogP contribution in [0, 0.1) is 0 Å². The highest BCUT2D eigenvalue weighted by Gasteiger charge is 2.45. The van der Waals surface area contributed by atoms with Crippen LogP contribution in [0.4, 0.5) is 8.78 Å². The molecule has 1 saturated carbocycles. The highest BCUT2D eigenvalue weighted by molar-refractivity contribution is 4.86. The quantitative estimate of drug-likeness (QED) is 0.613. The molecule has 0 N–H and O–H groups in total. The molecule has 11 heavy (non-hydrogen) atoms. The largest absolute Gasteiger partial charge is 0.378 e. The van der Waals surface area contributed by atoms with Crippen molar-refractivity contribution in [2.24, 2.45) is 0 Å². The van der Waals surface area contributed by atoms with E-state index in [2.05, 4.69) is 0 Å². The van der Waals surface area contributed by atoms with Crippen LogP contribution in [0.5, 0.6) is 0 Å². The lowest BCUT2D eigenvalue weighted by Crippen LogP contribution is -2.41. The molecule has 0 heterocycles. The molecule has 1 aliphatic rings. The van der Waals surface area contributed by atoms with Crippen LogP contribution in [0.15, 0.2) is 0 Å². The first-order chi connectivity index (χ1) is 5.14. The van der Waals surface area contributed by atoms with E-state index < -0.39 is 5.92 Å². The maximum Gasteiger partial charge on any atom is 0.253 e. The van der Waals surface area contributed by atoms with Crippen molar-refractivity contribution in [2.45, 2.75) is 45.6 Å². The van der Waals surface area contributed by atoms with Crippen LogP contribution in [0.2, 0.25) is 0 Å². The second kappa shape index (κ2) is 4.65. The third kappa shape index (κ3) is 3.65. The first kappa shape index (κ1) is 10.8. The van der Waals surface area contributed by atoms with Crippen LogP contribution >= 0.6 is 0 Å². The summed E-state index contributed by atoms with van der Waals surface area (Å²) in [4.78, 5) is 0. The number of rotatable bonds is 2. The first-order valence-electron chi connectivity index (χ1n) is 4.13. The first-order valence-corrected chi connectivity index (χ1v) is 4.13. The van der Waals surface area contributed by atoms with Gasteiger partial charge in [0.2, 0.25) is 0 Å². The molecule has 0 radical (unpaired) electrons. The highest BCUT2D eigenvalue weighted by atomic mass is 19.3. The maximum absolute atomic E-state index is 12.0. The minimum Gasteiger partial charge on any atom is -0.378 e. The molecule has 3 heteroatoms. The lowest BCUT2D eigenvalue weighted by Gasteiger charge is -2.34. The fraction of sp³-hybridized carbons (Fsp3) is 1.00. The van der Waals surface area contributed by atoms with Gasteiger partial charge in [-0.2, -0.15) is 0 Å². The van der Waals surface area contributed by atoms with Gasteiger partial charge in [0.15, 0.2) is 0 Å². The van der Waals surface area contributed by atoms with E-state index in [4.69, 9.17) is 4.74 Å². The number of hydrogen-bond donors (Lipinski definition) is 0. The molecule has 1 aliphatic carbocycles. The average Bonchev–Trinajstić information content (AvgIpc) is 1.89. The van der Waals surface area contributed by atoms with E-state index >= 15 is 0 Å². The van der Waals surface area contributed by atoms with Crippen LogP contribution in [0.3, 0.4) is 0 Å². The van der Waals surface area contributed by atoms with Crippen LogP contribution < -0.4 is 0 Å². The van der Waals surface area contributed by atoms with Crippen molar-refractivity contribution < 1.29 is 13.5 Å². The van der Waals surface area contributed by atoms with Crippen LogP contribution in [-0.4, -0.2) is 18.6 Å². The van der Waals surface area contributed by atoms with Gasteiger partial charge in [-0.15, -0.1) is 0 Å². The minimum atomic E-state index is -2.43. The molecule has 1 fully saturated rings. The minimum absolute atomic E-state index is 0.0825. The molecule has 0 spiro atoms. The van der Waals surface area contributed by atoms with Crippen molar-refractivity contribution >= 4 is 0 Å². The van der Waals surface area contributed by atoms with E-state index in [1.807, 2.05) is 20.8 Å². The topological polar surface area (TPSA) is 9.23 Å². The molecule has 68 valence electrons. The number of hydrogen-bond acceptors (Lipinski definition) is 1. The van der Waals surface area contributed by atoms with Gasteiger partial charge in [0.05, 0.1) is 6.10 Å². The van der Waals surface area contributed by atoms with Crippen molar-refractivity contribution in [2.75, 3.05) is 6.61 Å². The second-order valence-electron chi connectivity index (χ2n) is 2.34. The maximum atomic E-state index is 12.0. The van der Waals surface area contributed by atoms with Gasteiger partial charge in [-0.3, -0.25) is 0 Å². The summed E-state index contributed by atoms with van der Waals surface area (Å²) in [6, 6.07) is 0.